The third-order valence-corrected chi connectivity index (χ3v) is 13.7. The number of unbranched alkanes of at least 4 members (excludes halogenated alkanes) is 5. The van der Waals surface area contributed by atoms with Gasteiger partial charge in [-0.25, -0.2) is 0 Å². The SMILES string of the molecule is CCC1(COCCCCCCCCOc2ccc(N(c3ccc(-c4ccccc4)cc3)c3ccc(-c4ccc(N(c5ccc(-c6ccccc6)cc5)c5ccc(C)cc5C)cc4)cc3)cc2)COC1. The number of ether oxygens (including phenoxy) is 3. The zero-order chi connectivity index (χ0) is 47.3. The standard InChI is InChI=1S/C64H66N2O3/c1-4-64(47-68-48-64)46-67-43-15-7-5-6-8-16-44-69-62-40-38-59(39-41-62)65(57-30-22-53(23-31-57)51-17-11-9-12-18-51)58-32-24-55(25-33-58)56-28-36-61(37-29-56)66(63-42-21-49(2)45-50(63)3)60-34-26-54(27-35-60)52-19-13-10-14-20-52/h9-14,17-42,45H,4-8,15-16,43-44,46-48H2,1-3H3. The van der Waals surface area contributed by atoms with Crippen LogP contribution in [0.4, 0.5) is 34.1 Å². The van der Waals surface area contributed by atoms with Gasteiger partial charge in [0.15, 0.2) is 0 Å². The van der Waals surface area contributed by atoms with E-state index in [9.17, 15) is 0 Å². The summed E-state index contributed by atoms with van der Waals surface area (Å²) in [5.41, 5.74) is 16.6. The van der Waals surface area contributed by atoms with Gasteiger partial charge in [-0.05, 0) is 151 Å². The number of rotatable bonds is 22. The highest BCUT2D eigenvalue weighted by molar-refractivity contribution is 5.83. The molecule has 8 aromatic rings. The maximum atomic E-state index is 6.25. The molecule has 0 radical (unpaired) electrons. The molecule has 0 atom stereocenters. The van der Waals surface area contributed by atoms with Gasteiger partial charge in [0.25, 0.3) is 0 Å². The van der Waals surface area contributed by atoms with E-state index in [1.165, 1.54) is 64.8 Å². The summed E-state index contributed by atoms with van der Waals surface area (Å²) in [5, 5.41) is 0. The van der Waals surface area contributed by atoms with Gasteiger partial charge in [-0.3, -0.25) is 0 Å². The molecule has 0 N–H and O–H groups in total. The zero-order valence-corrected chi connectivity index (χ0v) is 40.7. The summed E-state index contributed by atoms with van der Waals surface area (Å²) in [5.74, 6) is 0.899. The minimum Gasteiger partial charge on any atom is -0.494 e. The van der Waals surface area contributed by atoms with Gasteiger partial charge in [0.1, 0.15) is 5.75 Å². The van der Waals surface area contributed by atoms with E-state index < -0.39 is 0 Å². The van der Waals surface area contributed by atoms with Gasteiger partial charge >= 0.3 is 0 Å². The predicted molar refractivity (Wildman–Crippen MR) is 289 cm³/mol. The Kier molecular flexibility index (Phi) is 15.7. The molecule has 0 aromatic heterocycles. The third kappa shape index (κ3) is 11.9. The van der Waals surface area contributed by atoms with E-state index in [0.29, 0.717) is 0 Å². The van der Waals surface area contributed by atoms with Gasteiger partial charge in [-0.15, -0.1) is 0 Å². The topological polar surface area (TPSA) is 34.2 Å². The number of anilines is 6. The van der Waals surface area contributed by atoms with Crippen LogP contribution in [0.2, 0.25) is 0 Å². The number of benzene rings is 8. The van der Waals surface area contributed by atoms with Crippen molar-refractivity contribution < 1.29 is 14.2 Å². The summed E-state index contributed by atoms with van der Waals surface area (Å²) in [7, 11) is 0. The van der Waals surface area contributed by atoms with Crippen LogP contribution in [-0.2, 0) is 9.47 Å². The van der Waals surface area contributed by atoms with Crippen molar-refractivity contribution >= 4 is 34.1 Å². The van der Waals surface area contributed by atoms with Crippen LogP contribution in [0.25, 0.3) is 33.4 Å². The van der Waals surface area contributed by atoms with Crippen LogP contribution < -0.4 is 14.5 Å². The smallest absolute Gasteiger partial charge is 0.119 e. The second-order valence-electron chi connectivity index (χ2n) is 18.7. The molecule has 1 saturated heterocycles. The van der Waals surface area contributed by atoms with E-state index in [1.807, 2.05) is 0 Å². The minimum atomic E-state index is 0.280. The zero-order valence-electron chi connectivity index (χ0n) is 40.7. The van der Waals surface area contributed by atoms with E-state index >= 15 is 0 Å². The Hall–Kier alpha value is -6.92. The van der Waals surface area contributed by atoms with Crippen LogP contribution in [0.15, 0.2) is 200 Å². The molecule has 1 fully saturated rings. The predicted octanol–water partition coefficient (Wildman–Crippen LogP) is 17.4. The molecule has 1 heterocycles. The van der Waals surface area contributed by atoms with Crippen LogP contribution >= 0.6 is 0 Å². The molecule has 0 unspecified atom stereocenters. The van der Waals surface area contributed by atoms with Crippen molar-refractivity contribution in [2.75, 3.05) is 42.8 Å². The molecule has 69 heavy (non-hydrogen) atoms. The first-order valence-corrected chi connectivity index (χ1v) is 25.0. The van der Waals surface area contributed by atoms with Crippen molar-refractivity contribution in [3.8, 4) is 39.1 Å². The Morgan fingerprint density at radius 3 is 1.26 bits per heavy atom. The first kappa shape index (κ1) is 47.2. The summed E-state index contributed by atoms with van der Waals surface area (Å²) >= 11 is 0. The average molecular weight is 911 g/mol. The summed E-state index contributed by atoms with van der Waals surface area (Å²) in [4.78, 5) is 4.69. The quantitative estimate of drug-likeness (QED) is 0.0633. The maximum absolute atomic E-state index is 6.25. The van der Waals surface area contributed by atoms with Crippen LogP contribution in [0, 0.1) is 19.3 Å². The highest BCUT2D eigenvalue weighted by atomic mass is 16.5. The molecule has 8 aromatic carbocycles. The fraction of sp³-hybridized carbons (Fsp3) is 0.250. The molecular formula is C64H66N2O3. The van der Waals surface area contributed by atoms with E-state index in [0.717, 1.165) is 97.6 Å². The lowest BCUT2D eigenvalue weighted by Gasteiger charge is -2.40. The Balaban J connectivity index is 0.871. The van der Waals surface area contributed by atoms with Gasteiger partial charge in [0, 0.05) is 46.1 Å². The van der Waals surface area contributed by atoms with Crippen molar-refractivity contribution in [1.29, 1.82) is 0 Å². The van der Waals surface area contributed by atoms with Gasteiger partial charge in [0.05, 0.1) is 26.4 Å². The van der Waals surface area contributed by atoms with Gasteiger partial charge in [-0.2, -0.15) is 0 Å². The summed E-state index contributed by atoms with van der Waals surface area (Å²) in [6, 6.07) is 72.0. The number of hydrogen-bond acceptors (Lipinski definition) is 5. The monoisotopic (exact) mass is 911 g/mol. The molecule has 1 aliphatic rings. The first-order chi connectivity index (χ1) is 33.9. The molecule has 9 rings (SSSR count). The van der Waals surface area contributed by atoms with Gasteiger partial charge in [0.2, 0.25) is 0 Å². The summed E-state index contributed by atoms with van der Waals surface area (Å²) in [6.45, 7) is 10.7. The van der Waals surface area contributed by atoms with Crippen LogP contribution in [0.5, 0.6) is 5.75 Å². The fourth-order valence-electron chi connectivity index (χ4n) is 9.37. The van der Waals surface area contributed by atoms with E-state index in [-0.39, 0.29) is 5.41 Å². The van der Waals surface area contributed by atoms with Crippen LogP contribution in [-0.4, -0.2) is 33.0 Å². The Labute approximate surface area is 411 Å². The number of aryl methyl sites for hydroxylation is 2. The number of nitrogens with zero attached hydrogens (tertiary/aromatic N) is 2. The number of hydrogen-bond donors (Lipinski definition) is 0. The van der Waals surface area contributed by atoms with Gasteiger partial charge < -0.3 is 24.0 Å². The lowest BCUT2D eigenvalue weighted by molar-refractivity contribution is -0.150. The van der Waals surface area contributed by atoms with Crippen LogP contribution in [0.3, 0.4) is 0 Å². The minimum absolute atomic E-state index is 0.280. The van der Waals surface area contributed by atoms with E-state index in [1.54, 1.807) is 0 Å². The molecule has 0 bridgehead atoms. The second-order valence-corrected chi connectivity index (χ2v) is 18.7. The highest BCUT2D eigenvalue weighted by Gasteiger charge is 2.36. The van der Waals surface area contributed by atoms with Crippen LogP contribution in [0.1, 0.15) is 63.0 Å². The Bertz CT molecular complexity index is 2800. The molecule has 0 spiro atoms. The molecule has 0 amide bonds. The molecule has 1 aliphatic heterocycles. The van der Waals surface area contributed by atoms with Crippen molar-refractivity contribution in [3.05, 3.63) is 211 Å². The average Bonchev–Trinajstić information content (AvgIpc) is 3.39. The normalized spacial score (nSPS) is 12.9. The largest absolute Gasteiger partial charge is 0.494 e. The molecule has 0 aliphatic carbocycles. The molecular weight excluding hydrogens is 845 g/mol. The Morgan fingerprint density at radius 1 is 0.435 bits per heavy atom. The molecule has 0 saturated carbocycles. The molecule has 5 heteroatoms. The van der Waals surface area contributed by atoms with Crippen molar-refractivity contribution in [1.82, 2.24) is 0 Å². The lowest BCUT2D eigenvalue weighted by Crippen LogP contribution is -2.45. The fourth-order valence-corrected chi connectivity index (χ4v) is 9.37. The maximum Gasteiger partial charge on any atom is 0.119 e. The third-order valence-electron chi connectivity index (χ3n) is 13.7. The molecule has 5 nitrogen and oxygen atoms in total. The first-order valence-electron chi connectivity index (χ1n) is 25.0. The summed E-state index contributed by atoms with van der Waals surface area (Å²) in [6.07, 6.45) is 8.20. The highest BCUT2D eigenvalue weighted by Crippen LogP contribution is 2.41. The van der Waals surface area contributed by atoms with Crippen molar-refractivity contribution in [2.45, 2.75) is 65.7 Å². The van der Waals surface area contributed by atoms with E-state index in [4.69, 9.17) is 14.2 Å². The molecule has 350 valence electrons. The van der Waals surface area contributed by atoms with Crippen molar-refractivity contribution in [3.63, 3.8) is 0 Å². The second kappa shape index (κ2) is 22.9. The lowest BCUT2D eigenvalue weighted by atomic mass is 9.84. The van der Waals surface area contributed by atoms with Crippen molar-refractivity contribution in [2.24, 2.45) is 5.41 Å². The van der Waals surface area contributed by atoms with E-state index in [2.05, 4.69) is 231 Å². The Morgan fingerprint density at radius 2 is 0.841 bits per heavy atom. The van der Waals surface area contributed by atoms with Gasteiger partial charge in [-0.1, -0.05) is 159 Å². The summed E-state index contributed by atoms with van der Waals surface area (Å²) < 4.78 is 17.7.